The number of amides is 1. The lowest BCUT2D eigenvalue weighted by atomic mass is 9.90. The highest BCUT2D eigenvalue weighted by Crippen LogP contribution is 2.50. The molecule has 4 aromatic rings. The van der Waals surface area contributed by atoms with E-state index < -0.39 is 0 Å². The van der Waals surface area contributed by atoms with Crippen molar-refractivity contribution in [3.8, 4) is 22.9 Å². The molecular formula is C27H26N6O4. The molecule has 0 saturated heterocycles. The number of nitrogens with zero attached hydrogens (tertiary/aromatic N) is 5. The number of methoxy groups -OCH3 is 1. The summed E-state index contributed by atoms with van der Waals surface area (Å²) in [6.07, 6.45) is 0.835. The van der Waals surface area contributed by atoms with E-state index in [1.54, 1.807) is 23.9 Å². The molecule has 1 N–H and O–H groups in total. The molecule has 3 aromatic carbocycles. The normalized spacial score (nSPS) is 16.4. The van der Waals surface area contributed by atoms with Gasteiger partial charge in [-0.15, -0.1) is 5.10 Å². The van der Waals surface area contributed by atoms with Crippen molar-refractivity contribution in [2.45, 2.75) is 19.4 Å². The first-order chi connectivity index (χ1) is 18.0. The summed E-state index contributed by atoms with van der Waals surface area (Å²) in [6.45, 7) is 2.98. The van der Waals surface area contributed by atoms with Crippen LogP contribution in [0.4, 0.5) is 5.69 Å². The molecule has 188 valence electrons. The van der Waals surface area contributed by atoms with Gasteiger partial charge in [-0.3, -0.25) is 9.69 Å². The molecule has 10 nitrogen and oxygen atoms in total. The van der Waals surface area contributed by atoms with Crippen molar-refractivity contribution in [3.63, 3.8) is 0 Å². The van der Waals surface area contributed by atoms with E-state index >= 15 is 0 Å². The van der Waals surface area contributed by atoms with Gasteiger partial charge in [0.15, 0.2) is 17.3 Å². The van der Waals surface area contributed by atoms with Crippen LogP contribution in [-0.2, 0) is 6.42 Å². The molecule has 0 radical (unpaired) electrons. The molecule has 10 heteroatoms. The summed E-state index contributed by atoms with van der Waals surface area (Å²) in [4.78, 5) is 14.9. The van der Waals surface area contributed by atoms with E-state index in [0.717, 1.165) is 41.0 Å². The highest BCUT2D eigenvalue weighted by atomic mass is 16.7. The topological polar surface area (TPSA) is 104 Å². The van der Waals surface area contributed by atoms with Gasteiger partial charge in [0.2, 0.25) is 12.5 Å². The number of tetrazole rings is 1. The van der Waals surface area contributed by atoms with Crippen LogP contribution in [-0.4, -0.2) is 58.5 Å². The molecular weight excluding hydrogens is 472 g/mol. The molecule has 1 amide bonds. The first-order valence-corrected chi connectivity index (χ1v) is 12.0. The minimum Gasteiger partial charge on any atom is -0.492 e. The Morgan fingerprint density at radius 2 is 1.89 bits per heavy atom. The maximum Gasteiger partial charge on any atom is 0.255 e. The predicted octanol–water partition coefficient (Wildman–Crippen LogP) is 3.54. The number of rotatable bonds is 5. The SMILES string of the molecule is COc1c2c(cc3c1[C@H](c1nnnn1-c1ccc(C(=O)Nc4ccc(C)cc4)cc1)N(C)CC3)OCO2. The number of hydrogen-bond acceptors (Lipinski definition) is 8. The fourth-order valence-electron chi connectivity index (χ4n) is 4.90. The predicted molar refractivity (Wildman–Crippen MR) is 136 cm³/mol. The molecule has 0 spiro atoms. The zero-order valence-corrected chi connectivity index (χ0v) is 20.8. The van der Waals surface area contributed by atoms with Gasteiger partial charge in [0.05, 0.1) is 12.8 Å². The number of carbonyl (C=O) groups is 1. The first-order valence-electron chi connectivity index (χ1n) is 12.0. The van der Waals surface area contributed by atoms with Gasteiger partial charge in [-0.2, -0.15) is 4.68 Å². The quantitative estimate of drug-likeness (QED) is 0.446. The molecule has 2 aliphatic rings. The van der Waals surface area contributed by atoms with Crippen LogP contribution in [0.1, 0.15) is 38.9 Å². The van der Waals surface area contributed by atoms with E-state index in [1.165, 1.54) is 0 Å². The number of aromatic nitrogens is 4. The van der Waals surface area contributed by atoms with E-state index in [4.69, 9.17) is 14.2 Å². The number of fused-ring (bicyclic) bond motifs is 2. The summed E-state index contributed by atoms with van der Waals surface area (Å²) in [7, 11) is 3.67. The lowest BCUT2D eigenvalue weighted by Crippen LogP contribution is -2.35. The smallest absolute Gasteiger partial charge is 0.255 e. The van der Waals surface area contributed by atoms with Gasteiger partial charge in [-0.05, 0) is 78.8 Å². The molecule has 0 unspecified atom stereocenters. The van der Waals surface area contributed by atoms with E-state index in [9.17, 15) is 4.79 Å². The minimum atomic E-state index is -0.271. The fourth-order valence-corrected chi connectivity index (χ4v) is 4.90. The Hall–Kier alpha value is -4.44. The second-order valence-electron chi connectivity index (χ2n) is 9.17. The molecule has 1 atom stereocenters. The second kappa shape index (κ2) is 9.21. The van der Waals surface area contributed by atoms with E-state index in [0.29, 0.717) is 28.6 Å². The average molecular weight is 499 g/mol. The van der Waals surface area contributed by atoms with Crippen LogP contribution in [0.25, 0.3) is 5.69 Å². The fraction of sp³-hybridized carbons (Fsp3) is 0.259. The second-order valence-corrected chi connectivity index (χ2v) is 9.17. The number of ether oxygens (including phenoxy) is 3. The Kier molecular flexibility index (Phi) is 5.72. The van der Waals surface area contributed by atoms with Gasteiger partial charge in [0.25, 0.3) is 5.91 Å². The van der Waals surface area contributed by atoms with E-state index in [1.807, 2.05) is 56.4 Å². The molecule has 3 heterocycles. The third kappa shape index (κ3) is 4.05. The number of benzene rings is 3. The Balaban J connectivity index is 1.33. The summed E-state index contributed by atoms with van der Waals surface area (Å²) in [5.41, 5.74) is 5.23. The van der Waals surface area contributed by atoms with Crippen molar-refractivity contribution in [1.82, 2.24) is 25.1 Å². The zero-order valence-electron chi connectivity index (χ0n) is 20.8. The van der Waals surface area contributed by atoms with Crippen LogP contribution < -0.4 is 19.5 Å². The lowest BCUT2D eigenvalue weighted by Gasteiger charge is -2.34. The summed E-state index contributed by atoms with van der Waals surface area (Å²) in [5.74, 6) is 2.38. The van der Waals surface area contributed by atoms with Crippen LogP contribution in [0.15, 0.2) is 54.6 Å². The van der Waals surface area contributed by atoms with Crippen molar-refractivity contribution in [2.75, 3.05) is 32.8 Å². The van der Waals surface area contributed by atoms with Gasteiger partial charge in [-0.1, -0.05) is 17.7 Å². The molecule has 37 heavy (non-hydrogen) atoms. The summed E-state index contributed by atoms with van der Waals surface area (Å²) >= 11 is 0. The Morgan fingerprint density at radius 3 is 2.65 bits per heavy atom. The van der Waals surface area contributed by atoms with Crippen molar-refractivity contribution in [2.24, 2.45) is 0 Å². The van der Waals surface area contributed by atoms with Gasteiger partial charge in [0, 0.05) is 23.4 Å². The first kappa shape index (κ1) is 23.0. The number of likely N-dealkylation sites (N-methyl/N-ethyl adjacent to an activating group) is 1. The third-order valence-corrected chi connectivity index (χ3v) is 6.82. The Labute approximate surface area is 213 Å². The molecule has 0 bridgehead atoms. The summed E-state index contributed by atoms with van der Waals surface area (Å²) < 4.78 is 18.9. The van der Waals surface area contributed by atoms with Crippen molar-refractivity contribution < 1.29 is 19.0 Å². The van der Waals surface area contributed by atoms with Crippen LogP contribution in [0, 0.1) is 6.92 Å². The van der Waals surface area contributed by atoms with Gasteiger partial charge in [-0.25, -0.2) is 0 Å². The lowest BCUT2D eigenvalue weighted by molar-refractivity contribution is 0.102. The Morgan fingerprint density at radius 1 is 1.11 bits per heavy atom. The Bertz CT molecular complexity index is 1470. The molecule has 0 fully saturated rings. The standard InChI is InChI=1S/C27H26N6O4/c1-16-4-8-19(9-5-16)28-27(34)17-6-10-20(11-7-17)33-26(29-30-31-33)23-22-18(12-13-32(23)2)14-21-24(25(22)35-3)37-15-36-21/h4-11,14,23H,12-13,15H2,1-3H3,(H,28,34)/t23-/m1/s1. The van der Waals surface area contributed by atoms with Crippen LogP contribution in [0.2, 0.25) is 0 Å². The third-order valence-electron chi connectivity index (χ3n) is 6.82. The minimum absolute atomic E-state index is 0.163. The van der Waals surface area contributed by atoms with Gasteiger partial charge >= 0.3 is 0 Å². The molecule has 6 rings (SSSR count). The monoisotopic (exact) mass is 498 g/mol. The van der Waals surface area contributed by atoms with Crippen molar-refractivity contribution >= 4 is 11.6 Å². The molecule has 2 aliphatic heterocycles. The van der Waals surface area contributed by atoms with E-state index in [-0.39, 0.29) is 18.7 Å². The number of aryl methyl sites for hydroxylation is 1. The largest absolute Gasteiger partial charge is 0.492 e. The highest BCUT2D eigenvalue weighted by molar-refractivity contribution is 6.04. The maximum absolute atomic E-state index is 12.8. The van der Waals surface area contributed by atoms with Gasteiger partial charge < -0.3 is 19.5 Å². The highest BCUT2D eigenvalue weighted by Gasteiger charge is 2.37. The van der Waals surface area contributed by atoms with Crippen molar-refractivity contribution in [3.05, 3.63) is 82.7 Å². The number of anilines is 1. The van der Waals surface area contributed by atoms with E-state index in [2.05, 4.69) is 25.7 Å². The molecule has 1 aromatic heterocycles. The molecule has 0 aliphatic carbocycles. The summed E-state index contributed by atoms with van der Waals surface area (Å²) in [6, 6.07) is 16.6. The van der Waals surface area contributed by atoms with Gasteiger partial charge in [0.1, 0.15) is 6.04 Å². The summed E-state index contributed by atoms with van der Waals surface area (Å²) in [5, 5.41) is 15.6. The average Bonchev–Trinajstić information content (AvgIpc) is 3.59. The molecule has 0 saturated carbocycles. The van der Waals surface area contributed by atoms with Crippen LogP contribution in [0.3, 0.4) is 0 Å². The van der Waals surface area contributed by atoms with Crippen LogP contribution in [0.5, 0.6) is 17.2 Å². The zero-order chi connectivity index (χ0) is 25.5. The van der Waals surface area contributed by atoms with Crippen molar-refractivity contribution in [1.29, 1.82) is 0 Å². The number of hydrogen-bond donors (Lipinski definition) is 1. The number of carbonyl (C=O) groups excluding carboxylic acids is 1. The maximum atomic E-state index is 12.8. The van der Waals surface area contributed by atoms with Crippen LogP contribution >= 0.6 is 0 Å². The number of nitrogens with one attached hydrogen (secondary N) is 1.